The van der Waals surface area contributed by atoms with Gasteiger partial charge in [0, 0.05) is 25.2 Å². The molecule has 1 N–H and O–H groups in total. The Hall–Kier alpha value is -3.35. The quantitative estimate of drug-likeness (QED) is 0.659. The van der Waals surface area contributed by atoms with Crippen molar-refractivity contribution >= 4 is 17.6 Å². The van der Waals surface area contributed by atoms with Crippen LogP contribution < -0.4 is 14.8 Å². The van der Waals surface area contributed by atoms with Crippen LogP contribution in [0.15, 0.2) is 48.5 Å². The van der Waals surface area contributed by atoms with Gasteiger partial charge in [0.25, 0.3) is 11.8 Å². The highest BCUT2D eigenvalue weighted by molar-refractivity contribution is 6.07. The van der Waals surface area contributed by atoms with Gasteiger partial charge < -0.3 is 19.7 Å². The van der Waals surface area contributed by atoms with Gasteiger partial charge >= 0.3 is 0 Å². The van der Waals surface area contributed by atoms with Gasteiger partial charge in [0.15, 0.2) is 23.9 Å². The number of likely N-dealkylation sites (tertiary alicyclic amines) is 1. The number of Topliss-reactive ketones (excluding diaryl/α,β-unsaturated/α-hetero) is 1. The fraction of sp³-hybridized carbons (Fsp3) is 0.375. The number of amides is 2. The summed E-state index contributed by atoms with van der Waals surface area (Å²) < 4.78 is 10.8. The molecule has 0 aromatic heterocycles. The molecular formula is C24H28N2O5. The van der Waals surface area contributed by atoms with Crippen molar-refractivity contribution in [2.45, 2.75) is 19.8 Å². The first-order valence-corrected chi connectivity index (χ1v) is 10.4. The predicted octanol–water partition coefficient (Wildman–Crippen LogP) is 2.95. The van der Waals surface area contributed by atoms with E-state index in [1.807, 2.05) is 12.1 Å². The first-order valence-electron chi connectivity index (χ1n) is 10.4. The van der Waals surface area contributed by atoms with Gasteiger partial charge in [-0.25, -0.2) is 0 Å². The van der Waals surface area contributed by atoms with Crippen LogP contribution in [0.1, 0.15) is 40.5 Å². The van der Waals surface area contributed by atoms with Gasteiger partial charge in [-0.05, 0) is 43.9 Å². The predicted molar refractivity (Wildman–Crippen MR) is 117 cm³/mol. The SMILES string of the molecule is COc1ccccc1OCC(=O)NC[C@H]1CCCN(C(=O)c2ccccc2C(C)=O)C1. The van der Waals surface area contributed by atoms with Gasteiger partial charge in [-0.15, -0.1) is 0 Å². The van der Waals surface area contributed by atoms with E-state index in [1.54, 1.807) is 48.4 Å². The van der Waals surface area contributed by atoms with Crippen molar-refractivity contribution in [2.24, 2.45) is 5.92 Å². The van der Waals surface area contributed by atoms with Gasteiger partial charge in [-0.2, -0.15) is 0 Å². The normalized spacial score (nSPS) is 15.8. The molecule has 2 aromatic carbocycles. The Balaban J connectivity index is 1.51. The van der Waals surface area contributed by atoms with E-state index in [4.69, 9.17) is 9.47 Å². The first kappa shape index (κ1) is 22.3. The smallest absolute Gasteiger partial charge is 0.257 e. The molecule has 0 bridgehead atoms. The second kappa shape index (κ2) is 10.6. The maximum atomic E-state index is 13.0. The zero-order valence-electron chi connectivity index (χ0n) is 17.9. The summed E-state index contributed by atoms with van der Waals surface area (Å²) in [4.78, 5) is 38.8. The number of nitrogens with one attached hydrogen (secondary N) is 1. The van der Waals surface area contributed by atoms with Crippen LogP contribution in [0, 0.1) is 5.92 Å². The van der Waals surface area contributed by atoms with Gasteiger partial charge in [0.05, 0.1) is 12.7 Å². The van der Waals surface area contributed by atoms with Crippen LogP contribution in [0.4, 0.5) is 0 Å². The molecule has 1 heterocycles. The topological polar surface area (TPSA) is 84.9 Å². The highest BCUT2D eigenvalue weighted by Crippen LogP contribution is 2.25. The molecule has 2 amide bonds. The van der Waals surface area contributed by atoms with E-state index in [1.165, 1.54) is 6.92 Å². The Kier molecular flexibility index (Phi) is 7.65. The summed E-state index contributed by atoms with van der Waals surface area (Å²) in [5.74, 6) is 0.746. The van der Waals surface area contributed by atoms with Crippen molar-refractivity contribution in [1.82, 2.24) is 10.2 Å². The molecule has 31 heavy (non-hydrogen) atoms. The molecule has 2 aromatic rings. The molecule has 1 fully saturated rings. The molecule has 164 valence electrons. The number of rotatable bonds is 8. The van der Waals surface area contributed by atoms with E-state index in [-0.39, 0.29) is 30.1 Å². The summed E-state index contributed by atoms with van der Waals surface area (Å²) in [6.45, 7) is 3.01. The second-order valence-electron chi connectivity index (χ2n) is 7.60. The first-order chi connectivity index (χ1) is 15.0. The van der Waals surface area contributed by atoms with Crippen LogP contribution in [-0.2, 0) is 4.79 Å². The third-order valence-corrected chi connectivity index (χ3v) is 5.36. The lowest BCUT2D eigenvalue weighted by Crippen LogP contribution is -2.44. The number of para-hydroxylation sites is 2. The van der Waals surface area contributed by atoms with Gasteiger partial charge in [-0.1, -0.05) is 30.3 Å². The molecule has 1 saturated heterocycles. The number of methoxy groups -OCH3 is 1. The number of ether oxygens (including phenoxy) is 2. The number of ketones is 1. The number of carbonyl (C=O) groups excluding carboxylic acids is 3. The maximum Gasteiger partial charge on any atom is 0.257 e. The lowest BCUT2D eigenvalue weighted by molar-refractivity contribution is -0.123. The average Bonchev–Trinajstić information content (AvgIpc) is 2.81. The Labute approximate surface area is 182 Å². The fourth-order valence-corrected chi connectivity index (χ4v) is 3.75. The van der Waals surface area contributed by atoms with Crippen molar-refractivity contribution < 1.29 is 23.9 Å². The van der Waals surface area contributed by atoms with Crippen LogP contribution >= 0.6 is 0 Å². The summed E-state index contributed by atoms with van der Waals surface area (Å²) in [5.41, 5.74) is 0.876. The van der Waals surface area contributed by atoms with Gasteiger partial charge in [-0.3, -0.25) is 14.4 Å². The van der Waals surface area contributed by atoms with Crippen molar-refractivity contribution in [1.29, 1.82) is 0 Å². The minimum absolute atomic E-state index is 0.109. The van der Waals surface area contributed by atoms with Crippen LogP contribution in [0.2, 0.25) is 0 Å². The average molecular weight is 424 g/mol. The Morgan fingerprint density at radius 1 is 1.03 bits per heavy atom. The highest BCUT2D eigenvalue weighted by atomic mass is 16.5. The summed E-state index contributed by atoms with van der Waals surface area (Å²) in [7, 11) is 1.55. The third-order valence-electron chi connectivity index (χ3n) is 5.36. The molecule has 0 spiro atoms. The lowest BCUT2D eigenvalue weighted by Gasteiger charge is -2.33. The zero-order chi connectivity index (χ0) is 22.2. The molecule has 0 unspecified atom stereocenters. The van der Waals surface area contributed by atoms with E-state index in [0.717, 1.165) is 12.8 Å². The molecule has 3 rings (SSSR count). The molecule has 0 aliphatic carbocycles. The van der Waals surface area contributed by atoms with Gasteiger partial charge in [0.2, 0.25) is 0 Å². The number of hydrogen-bond donors (Lipinski definition) is 1. The summed E-state index contributed by atoms with van der Waals surface area (Å²) >= 11 is 0. The molecule has 1 aliphatic rings. The molecule has 1 atom stereocenters. The zero-order valence-corrected chi connectivity index (χ0v) is 17.9. The van der Waals surface area contributed by atoms with Crippen LogP contribution in [0.5, 0.6) is 11.5 Å². The molecule has 7 heteroatoms. The Bertz CT molecular complexity index is 943. The van der Waals surface area contributed by atoms with Crippen molar-refractivity contribution in [3.63, 3.8) is 0 Å². The largest absolute Gasteiger partial charge is 0.493 e. The second-order valence-corrected chi connectivity index (χ2v) is 7.60. The monoisotopic (exact) mass is 424 g/mol. The van der Waals surface area contributed by atoms with Crippen molar-refractivity contribution in [3.05, 3.63) is 59.7 Å². The van der Waals surface area contributed by atoms with Crippen molar-refractivity contribution in [3.8, 4) is 11.5 Å². The molecular weight excluding hydrogens is 396 g/mol. The van der Waals surface area contributed by atoms with Crippen LogP contribution in [0.25, 0.3) is 0 Å². The standard InChI is InChI=1S/C24H28N2O5/c1-17(27)19-9-3-4-10-20(19)24(29)26-13-7-8-18(15-26)14-25-23(28)16-31-22-12-6-5-11-21(22)30-2/h3-6,9-12,18H,7-8,13-16H2,1-2H3,(H,25,28)/t18-/m1/s1. The minimum Gasteiger partial charge on any atom is -0.493 e. The lowest BCUT2D eigenvalue weighted by atomic mass is 9.96. The number of hydrogen-bond acceptors (Lipinski definition) is 5. The molecule has 0 radical (unpaired) electrons. The summed E-state index contributed by atoms with van der Waals surface area (Å²) in [6, 6.07) is 14.1. The number of benzene rings is 2. The Morgan fingerprint density at radius 2 is 1.71 bits per heavy atom. The summed E-state index contributed by atoms with van der Waals surface area (Å²) in [6.07, 6.45) is 1.78. The van der Waals surface area contributed by atoms with E-state index in [2.05, 4.69) is 5.32 Å². The fourth-order valence-electron chi connectivity index (χ4n) is 3.75. The van der Waals surface area contributed by atoms with E-state index in [9.17, 15) is 14.4 Å². The minimum atomic E-state index is -0.226. The summed E-state index contributed by atoms with van der Waals surface area (Å²) in [5, 5.41) is 2.89. The Morgan fingerprint density at radius 3 is 2.42 bits per heavy atom. The highest BCUT2D eigenvalue weighted by Gasteiger charge is 2.26. The maximum absolute atomic E-state index is 13.0. The van der Waals surface area contributed by atoms with Gasteiger partial charge in [0.1, 0.15) is 0 Å². The number of nitrogens with zero attached hydrogens (tertiary/aromatic N) is 1. The molecule has 1 aliphatic heterocycles. The van der Waals surface area contributed by atoms with Crippen LogP contribution in [0.3, 0.4) is 0 Å². The third kappa shape index (κ3) is 5.84. The molecule has 0 saturated carbocycles. The molecule has 7 nitrogen and oxygen atoms in total. The number of piperidine rings is 1. The van der Waals surface area contributed by atoms with Crippen molar-refractivity contribution in [2.75, 3.05) is 33.4 Å². The van der Waals surface area contributed by atoms with Crippen LogP contribution in [-0.4, -0.2) is 55.8 Å². The number of carbonyl (C=O) groups is 3. The van der Waals surface area contributed by atoms with E-state index < -0.39 is 0 Å². The van der Waals surface area contributed by atoms with E-state index in [0.29, 0.717) is 42.3 Å². The van der Waals surface area contributed by atoms with E-state index >= 15 is 0 Å².